The maximum absolute atomic E-state index is 11.8. The van der Waals surface area contributed by atoms with E-state index < -0.39 is 9.84 Å². The van der Waals surface area contributed by atoms with Crippen LogP contribution < -0.4 is 10.6 Å². The monoisotopic (exact) mass is 433 g/mol. The third-order valence-corrected chi connectivity index (χ3v) is 6.28. The first kappa shape index (κ1) is 19.3. The molecular weight excluding hydrogens is 414 g/mol. The number of nitrogens with one attached hydrogen (secondary N) is 2. The minimum atomic E-state index is -3.27. The average Bonchev–Trinajstić information content (AvgIpc) is 3.29. The van der Waals surface area contributed by atoms with E-state index in [2.05, 4.69) is 20.6 Å². The molecule has 0 fully saturated rings. The maximum atomic E-state index is 11.8. The van der Waals surface area contributed by atoms with E-state index in [0.717, 1.165) is 33.5 Å². The zero-order valence-electron chi connectivity index (χ0n) is 16.7. The fourth-order valence-corrected chi connectivity index (χ4v) is 4.36. The van der Waals surface area contributed by atoms with E-state index >= 15 is 0 Å². The van der Waals surface area contributed by atoms with Crippen molar-refractivity contribution in [2.45, 2.75) is 17.9 Å². The highest BCUT2D eigenvalue weighted by molar-refractivity contribution is 7.90. The summed E-state index contributed by atoms with van der Waals surface area (Å²) in [6, 6.07) is 14.5. The van der Waals surface area contributed by atoms with Crippen LogP contribution in [0, 0.1) is 0 Å². The van der Waals surface area contributed by atoms with Crippen LogP contribution in [0.15, 0.2) is 65.8 Å². The van der Waals surface area contributed by atoms with Gasteiger partial charge in [-0.25, -0.2) is 13.4 Å². The predicted molar refractivity (Wildman–Crippen MR) is 118 cm³/mol. The predicted octanol–water partition coefficient (Wildman–Crippen LogP) is 3.12. The first-order valence-corrected chi connectivity index (χ1v) is 11.5. The smallest absolute Gasteiger partial charge is 0.229 e. The second-order valence-electron chi connectivity index (χ2n) is 7.56. The molecule has 0 saturated carbocycles. The fourth-order valence-electron chi connectivity index (χ4n) is 3.67. The SMILES string of the molecule is CS(=O)(=O)c1cccc(Cn2ccc3cnc(Nc4ccc5c(c4)CC(=O)N5)nc32)c1. The van der Waals surface area contributed by atoms with Crippen molar-refractivity contribution in [3.63, 3.8) is 0 Å². The van der Waals surface area contributed by atoms with Crippen molar-refractivity contribution in [1.29, 1.82) is 0 Å². The second-order valence-corrected chi connectivity index (χ2v) is 9.57. The zero-order chi connectivity index (χ0) is 21.6. The molecule has 0 radical (unpaired) electrons. The Bertz CT molecular complexity index is 1440. The summed E-state index contributed by atoms with van der Waals surface area (Å²) in [6.07, 6.45) is 5.21. The first-order valence-electron chi connectivity index (χ1n) is 9.66. The number of hydrogen-bond acceptors (Lipinski definition) is 6. The van der Waals surface area contributed by atoms with Crippen molar-refractivity contribution < 1.29 is 13.2 Å². The highest BCUT2D eigenvalue weighted by Crippen LogP contribution is 2.27. The van der Waals surface area contributed by atoms with Crippen LogP contribution in [0.5, 0.6) is 0 Å². The van der Waals surface area contributed by atoms with Crippen molar-refractivity contribution in [3.05, 3.63) is 72.1 Å². The Morgan fingerprint density at radius 3 is 2.87 bits per heavy atom. The topological polar surface area (TPSA) is 106 Å². The third-order valence-electron chi connectivity index (χ3n) is 5.17. The molecule has 1 aliphatic heterocycles. The third kappa shape index (κ3) is 3.87. The quantitative estimate of drug-likeness (QED) is 0.501. The molecule has 2 N–H and O–H groups in total. The summed E-state index contributed by atoms with van der Waals surface area (Å²) in [5.41, 5.74) is 4.17. The molecule has 8 nitrogen and oxygen atoms in total. The molecule has 2 aromatic heterocycles. The van der Waals surface area contributed by atoms with E-state index in [1.54, 1.807) is 24.4 Å². The minimum absolute atomic E-state index is 0.0115. The van der Waals surface area contributed by atoms with Crippen molar-refractivity contribution in [3.8, 4) is 0 Å². The molecule has 9 heteroatoms. The lowest BCUT2D eigenvalue weighted by Gasteiger charge is -2.09. The molecule has 0 saturated heterocycles. The number of anilines is 3. The molecule has 0 spiro atoms. The van der Waals surface area contributed by atoms with E-state index in [1.165, 1.54) is 6.26 Å². The van der Waals surface area contributed by atoms with Crippen molar-refractivity contribution in [2.75, 3.05) is 16.9 Å². The van der Waals surface area contributed by atoms with Gasteiger partial charge in [-0.1, -0.05) is 12.1 Å². The molecule has 0 unspecified atom stereocenters. The molecule has 4 aromatic rings. The Labute approximate surface area is 178 Å². The Morgan fingerprint density at radius 1 is 1.16 bits per heavy atom. The molecule has 3 heterocycles. The number of nitrogens with zero attached hydrogens (tertiary/aromatic N) is 3. The molecule has 0 bridgehead atoms. The Balaban J connectivity index is 1.43. The fraction of sp³-hybridized carbons (Fsp3) is 0.136. The van der Waals surface area contributed by atoms with Gasteiger partial charge in [-0.05, 0) is 47.5 Å². The number of benzene rings is 2. The average molecular weight is 433 g/mol. The van der Waals surface area contributed by atoms with Crippen LogP contribution in [-0.2, 0) is 27.6 Å². The summed E-state index contributed by atoms with van der Waals surface area (Å²) >= 11 is 0. The second kappa shape index (κ2) is 7.21. The summed E-state index contributed by atoms with van der Waals surface area (Å²) in [5.74, 6) is 0.428. The Hall–Kier alpha value is -3.72. The number of fused-ring (bicyclic) bond motifs is 2. The standard InChI is InChI=1S/C22H19N5O3S/c1-31(29,30)18-4-2-3-14(9-18)13-27-8-7-15-12-23-22(26-21(15)27)24-17-5-6-19-16(10-17)11-20(28)25-19/h2-10,12H,11,13H2,1H3,(H,25,28)(H,23,24,26). The van der Waals surface area contributed by atoms with Gasteiger partial charge in [0, 0.05) is 42.0 Å². The van der Waals surface area contributed by atoms with Gasteiger partial charge < -0.3 is 15.2 Å². The van der Waals surface area contributed by atoms with Gasteiger partial charge in [0.2, 0.25) is 11.9 Å². The van der Waals surface area contributed by atoms with Crippen molar-refractivity contribution >= 4 is 44.1 Å². The number of rotatable bonds is 5. The Morgan fingerprint density at radius 2 is 2.03 bits per heavy atom. The van der Waals surface area contributed by atoms with E-state index in [4.69, 9.17) is 0 Å². The summed E-state index contributed by atoms with van der Waals surface area (Å²) < 4.78 is 25.7. The van der Waals surface area contributed by atoms with E-state index in [9.17, 15) is 13.2 Å². The van der Waals surface area contributed by atoms with Gasteiger partial charge in [-0.2, -0.15) is 4.98 Å². The summed E-state index contributed by atoms with van der Waals surface area (Å²) in [6.45, 7) is 0.482. The molecule has 0 aliphatic carbocycles. The van der Waals surface area contributed by atoms with Crippen LogP contribution in [-0.4, -0.2) is 35.1 Å². The minimum Gasteiger partial charge on any atom is -0.328 e. The number of hydrogen-bond donors (Lipinski definition) is 2. The number of aromatic nitrogens is 3. The highest BCUT2D eigenvalue weighted by atomic mass is 32.2. The van der Waals surface area contributed by atoms with Crippen LogP contribution in [0.25, 0.3) is 11.0 Å². The van der Waals surface area contributed by atoms with Gasteiger partial charge in [0.15, 0.2) is 9.84 Å². The van der Waals surface area contributed by atoms with Crippen molar-refractivity contribution in [1.82, 2.24) is 14.5 Å². The van der Waals surface area contributed by atoms with E-state index in [1.807, 2.05) is 41.1 Å². The van der Waals surface area contributed by atoms with E-state index in [-0.39, 0.29) is 5.91 Å². The lowest BCUT2D eigenvalue weighted by molar-refractivity contribution is -0.115. The van der Waals surface area contributed by atoms with Gasteiger partial charge in [0.1, 0.15) is 5.65 Å². The van der Waals surface area contributed by atoms with Gasteiger partial charge in [-0.3, -0.25) is 4.79 Å². The largest absolute Gasteiger partial charge is 0.328 e. The lowest BCUT2D eigenvalue weighted by Crippen LogP contribution is -2.04. The van der Waals surface area contributed by atoms with Crippen LogP contribution in [0.1, 0.15) is 11.1 Å². The van der Waals surface area contributed by atoms with Gasteiger partial charge in [0.25, 0.3) is 0 Å². The Kier molecular flexibility index (Phi) is 4.48. The van der Waals surface area contributed by atoms with Gasteiger partial charge in [-0.15, -0.1) is 0 Å². The molecule has 156 valence electrons. The lowest BCUT2D eigenvalue weighted by atomic mass is 10.1. The molecule has 1 amide bonds. The normalized spacial score (nSPS) is 13.3. The van der Waals surface area contributed by atoms with Crippen LogP contribution >= 0.6 is 0 Å². The highest BCUT2D eigenvalue weighted by Gasteiger charge is 2.17. The van der Waals surface area contributed by atoms with Crippen LogP contribution in [0.4, 0.5) is 17.3 Å². The summed E-state index contributed by atoms with van der Waals surface area (Å²) in [4.78, 5) is 20.9. The molecule has 2 aromatic carbocycles. The first-order chi connectivity index (χ1) is 14.8. The number of amides is 1. The van der Waals surface area contributed by atoms with Crippen LogP contribution in [0.3, 0.4) is 0 Å². The number of carbonyl (C=O) groups excluding carboxylic acids is 1. The van der Waals surface area contributed by atoms with Crippen molar-refractivity contribution in [2.24, 2.45) is 0 Å². The number of carbonyl (C=O) groups is 1. The molecule has 31 heavy (non-hydrogen) atoms. The zero-order valence-corrected chi connectivity index (χ0v) is 17.5. The maximum Gasteiger partial charge on any atom is 0.229 e. The summed E-state index contributed by atoms with van der Waals surface area (Å²) in [7, 11) is -3.27. The molecule has 5 rings (SSSR count). The number of sulfone groups is 1. The summed E-state index contributed by atoms with van der Waals surface area (Å²) in [5, 5.41) is 6.89. The molecule has 0 atom stereocenters. The van der Waals surface area contributed by atoms with Gasteiger partial charge in [0.05, 0.1) is 11.3 Å². The van der Waals surface area contributed by atoms with Gasteiger partial charge >= 0.3 is 0 Å². The molecule has 1 aliphatic rings. The molecular formula is C22H19N5O3S. The van der Waals surface area contributed by atoms with Crippen LogP contribution in [0.2, 0.25) is 0 Å². The van der Waals surface area contributed by atoms with E-state index in [0.29, 0.717) is 23.8 Å².